The highest BCUT2D eigenvalue weighted by molar-refractivity contribution is 5.36. The Labute approximate surface area is 98.7 Å². The second-order valence-corrected chi connectivity index (χ2v) is 4.89. The molecule has 1 aromatic heterocycles. The lowest BCUT2D eigenvalue weighted by Gasteiger charge is -2.11. The molecule has 0 saturated carbocycles. The van der Waals surface area contributed by atoms with E-state index < -0.39 is 0 Å². The van der Waals surface area contributed by atoms with Gasteiger partial charge in [0, 0.05) is 24.2 Å². The van der Waals surface area contributed by atoms with Crippen LogP contribution in [0.25, 0.3) is 0 Å². The minimum absolute atomic E-state index is 0.379. The van der Waals surface area contributed by atoms with Crippen LogP contribution in [-0.4, -0.2) is 16.5 Å². The first kappa shape index (κ1) is 12.9. The third kappa shape index (κ3) is 3.80. The van der Waals surface area contributed by atoms with Crippen molar-refractivity contribution in [1.82, 2.24) is 9.97 Å². The number of rotatable bonds is 5. The van der Waals surface area contributed by atoms with Gasteiger partial charge in [-0.15, -0.1) is 0 Å². The van der Waals surface area contributed by atoms with Crippen molar-refractivity contribution in [2.45, 2.75) is 47.0 Å². The van der Waals surface area contributed by atoms with E-state index in [2.05, 4.69) is 56.0 Å². The Morgan fingerprint density at radius 2 is 1.88 bits per heavy atom. The predicted octanol–water partition coefficient (Wildman–Crippen LogP) is 3.23. The molecular weight excluding hydrogens is 198 g/mol. The zero-order valence-corrected chi connectivity index (χ0v) is 11.0. The molecule has 1 rings (SSSR count). The first-order valence-electron chi connectivity index (χ1n) is 6.14. The minimum atomic E-state index is 0.379. The van der Waals surface area contributed by atoms with Crippen molar-refractivity contribution in [1.29, 1.82) is 0 Å². The van der Waals surface area contributed by atoms with E-state index in [1.165, 1.54) is 0 Å². The number of anilines is 1. The zero-order chi connectivity index (χ0) is 12.1. The van der Waals surface area contributed by atoms with Crippen molar-refractivity contribution in [3.05, 3.63) is 17.6 Å². The Kier molecular flexibility index (Phi) is 4.71. The fourth-order valence-corrected chi connectivity index (χ4v) is 1.57. The van der Waals surface area contributed by atoms with Crippen molar-refractivity contribution in [3.8, 4) is 0 Å². The van der Waals surface area contributed by atoms with Crippen molar-refractivity contribution in [3.63, 3.8) is 0 Å². The van der Waals surface area contributed by atoms with Crippen molar-refractivity contribution in [2.75, 3.05) is 11.9 Å². The van der Waals surface area contributed by atoms with Crippen LogP contribution in [0.15, 0.2) is 6.07 Å². The summed E-state index contributed by atoms with van der Waals surface area (Å²) in [6.45, 7) is 11.7. The van der Waals surface area contributed by atoms with Crippen LogP contribution in [0.3, 0.4) is 0 Å². The summed E-state index contributed by atoms with van der Waals surface area (Å²) in [7, 11) is 0. The molecule has 90 valence electrons. The highest BCUT2D eigenvalue weighted by Gasteiger charge is 2.08. The largest absolute Gasteiger partial charge is 0.370 e. The molecule has 0 aliphatic heterocycles. The molecule has 0 aromatic carbocycles. The molecule has 0 atom stereocenters. The summed E-state index contributed by atoms with van der Waals surface area (Å²) in [5.41, 5.74) is 1.14. The third-order valence-electron chi connectivity index (χ3n) is 2.29. The normalized spacial score (nSPS) is 11.2. The molecule has 0 aliphatic carbocycles. The van der Waals surface area contributed by atoms with Crippen LogP contribution in [0.1, 0.15) is 52.1 Å². The predicted molar refractivity (Wildman–Crippen MR) is 68.8 cm³/mol. The van der Waals surface area contributed by atoms with Gasteiger partial charge in [-0.25, -0.2) is 9.97 Å². The second-order valence-electron chi connectivity index (χ2n) is 4.89. The molecule has 0 fully saturated rings. The molecule has 0 amide bonds. The Balaban J connectivity index is 2.98. The zero-order valence-electron chi connectivity index (χ0n) is 11.0. The number of nitrogens with one attached hydrogen (secondary N) is 1. The van der Waals surface area contributed by atoms with Crippen LogP contribution < -0.4 is 5.32 Å². The molecule has 0 bridgehead atoms. The lowest BCUT2D eigenvalue weighted by molar-refractivity contribution is 0.626. The van der Waals surface area contributed by atoms with Gasteiger partial charge >= 0.3 is 0 Å². The topological polar surface area (TPSA) is 37.8 Å². The van der Waals surface area contributed by atoms with E-state index in [0.717, 1.165) is 30.3 Å². The average molecular weight is 221 g/mol. The number of nitrogens with zero attached hydrogens (tertiary/aromatic N) is 2. The van der Waals surface area contributed by atoms with Gasteiger partial charge in [-0.05, 0) is 19.3 Å². The van der Waals surface area contributed by atoms with Gasteiger partial charge in [-0.3, -0.25) is 0 Å². The fourth-order valence-electron chi connectivity index (χ4n) is 1.57. The average Bonchev–Trinajstić information content (AvgIpc) is 2.16. The van der Waals surface area contributed by atoms with E-state index >= 15 is 0 Å². The van der Waals surface area contributed by atoms with E-state index in [1.54, 1.807) is 0 Å². The van der Waals surface area contributed by atoms with Gasteiger partial charge in [0.2, 0.25) is 0 Å². The van der Waals surface area contributed by atoms with E-state index in [-0.39, 0.29) is 0 Å². The molecule has 3 heteroatoms. The number of aromatic nitrogens is 2. The number of hydrogen-bond acceptors (Lipinski definition) is 3. The van der Waals surface area contributed by atoms with E-state index in [4.69, 9.17) is 0 Å². The summed E-state index contributed by atoms with van der Waals surface area (Å²) in [5, 5.41) is 3.27. The van der Waals surface area contributed by atoms with Crippen molar-refractivity contribution >= 4 is 5.82 Å². The Morgan fingerprint density at radius 3 is 2.38 bits per heavy atom. The second kappa shape index (κ2) is 5.83. The molecular formula is C13H23N3. The van der Waals surface area contributed by atoms with Gasteiger partial charge in [0.05, 0.1) is 0 Å². The quantitative estimate of drug-likeness (QED) is 0.829. The molecule has 0 unspecified atom stereocenters. The molecule has 3 nitrogen and oxygen atoms in total. The van der Waals surface area contributed by atoms with Crippen LogP contribution in [0.2, 0.25) is 0 Å². The standard InChI is InChI=1S/C13H23N3/c1-6-14-12-8-11(7-9(2)3)15-13(16-12)10(4)5/h8-10H,6-7H2,1-5H3,(H,14,15,16). The Hall–Kier alpha value is -1.12. The first-order chi connectivity index (χ1) is 7.52. The summed E-state index contributed by atoms with van der Waals surface area (Å²) < 4.78 is 0. The molecule has 1 aromatic rings. The Bertz CT molecular complexity index is 332. The van der Waals surface area contributed by atoms with Crippen LogP contribution in [0.5, 0.6) is 0 Å². The third-order valence-corrected chi connectivity index (χ3v) is 2.29. The number of hydrogen-bond donors (Lipinski definition) is 1. The van der Waals surface area contributed by atoms with Gasteiger partial charge in [0.1, 0.15) is 11.6 Å². The summed E-state index contributed by atoms with van der Waals surface area (Å²) in [5.74, 6) is 2.90. The summed E-state index contributed by atoms with van der Waals surface area (Å²) in [6, 6.07) is 2.06. The van der Waals surface area contributed by atoms with Crippen molar-refractivity contribution < 1.29 is 0 Å². The van der Waals surface area contributed by atoms with Gasteiger partial charge in [0.25, 0.3) is 0 Å². The molecule has 1 N–H and O–H groups in total. The highest BCUT2D eigenvalue weighted by atomic mass is 15.0. The molecule has 0 radical (unpaired) electrons. The van der Waals surface area contributed by atoms with E-state index in [0.29, 0.717) is 11.8 Å². The maximum Gasteiger partial charge on any atom is 0.133 e. The monoisotopic (exact) mass is 221 g/mol. The molecule has 1 heterocycles. The molecule has 0 saturated heterocycles. The van der Waals surface area contributed by atoms with Gasteiger partial charge in [-0.2, -0.15) is 0 Å². The van der Waals surface area contributed by atoms with Gasteiger partial charge < -0.3 is 5.32 Å². The van der Waals surface area contributed by atoms with Crippen LogP contribution in [0.4, 0.5) is 5.82 Å². The van der Waals surface area contributed by atoms with E-state index in [1.807, 2.05) is 0 Å². The summed E-state index contributed by atoms with van der Waals surface area (Å²) >= 11 is 0. The smallest absolute Gasteiger partial charge is 0.133 e. The fraction of sp³-hybridized carbons (Fsp3) is 0.692. The molecule has 0 aliphatic rings. The maximum absolute atomic E-state index is 4.60. The van der Waals surface area contributed by atoms with Gasteiger partial charge in [0.15, 0.2) is 0 Å². The molecule has 16 heavy (non-hydrogen) atoms. The van der Waals surface area contributed by atoms with Crippen LogP contribution in [-0.2, 0) is 6.42 Å². The summed E-state index contributed by atoms with van der Waals surface area (Å²) in [6.07, 6.45) is 1.01. The summed E-state index contributed by atoms with van der Waals surface area (Å²) in [4.78, 5) is 9.11. The highest BCUT2D eigenvalue weighted by Crippen LogP contribution is 2.16. The van der Waals surface area contributed by atoms with Crippen LogP contribution in [0, 0.1) is 5.92 Å². The molecule has 0 spiro atoms. The Morgan fingerprint density at radius 1 is 1.19 bits per heavy atom. The lowest BCUT2D eigenvalue weighted by Crippen LogP contribution is -2.08. The maximum atomic E-state index is 4.60. The van der Waals surface area contributed by atoms with Gasteiger partial charge in [-0.1, -0.05) is 27.7 Å². The van der Waals surface area contributed by atoms with Crippen molar-refractivity contribution in [2.24, 2.45) is 5.92 Å². The SMILES string of the molecule is CCNc1cc(CC(C)C)nc(C(C)C)n1. The first-order valence-corrected chi connectivity index (χ1v) is 6.14. The minimum Gasteiger partial charge on any atom is -0.370 e. The van der Waals surface area contributed by atoms with Crippen LogP contribution >= 0.6 is 0 Å². The van der Waals surface area contributed by atoms with E-state index in [9.17, 15) is 0 Å². The lowest BCUT2D eigenvalue weighted by atomic mass is 10.1.